The molecule has 0 amide bonds. The van der Waals surface area contributed by atoms with Crippen LogP contribution in [0.5, 0.6) is 5.75 Å². The van der Waals surface area contributed by atoms with Gasteiger partial charge in [0.2, 0.25) is 0 Å². The number of aromatic hydroxyl groups is 1. The monoisotopic (exact) mass is 477 g/mol. The third-order valence-electron chi connectivity index (χ3n) is 3.76. The summed E-state index contributed by atoms with van der Waals surface area (Å²) >= 11 is 15.0. The summed E-state index contributed by atoms with van der Waals surface area (Å²) in [5, 5.41) is 19.7. The highest BCUT2D eigenvalue weighted by molar-refractivity contribution is 9.10. The fraction of sp³-hybridized carbons (Fsp3) is 0.0625. The van der Waals surface area contributed by atoms with Crippen LogP contribution in [0, 0.1) is 6.92 Å². The van der Waals surface area contributed by atoms with E-state index in [-0.39, 0.29) is 21.1 Å². The third kappa shape index (κ3) is 2.96. The number of aryl methyl sites for hydroxylation is 1. The first-order valence-corrected chi connectivity index (χ1v) is 10.0. The lowest BCUT2D eigenvalue weighted by Crippen LogP contribution is -2.15. The standard InChI is InChI=1S/C16H10BrCl2NO5S/c1-7-2-8-3-11(18)10(16(22)23)6-13(8)20(7)26(24,25)14-5-9(17)4-12(19)15(14)21/h2-6,21H,1H3,(H,22,23). The summed E-state index contributed by atoms with van der Waals surface area (Å²) in [4.78, 5) is 10.9. The topological polar surface area (TPSA) is 96.6 Å². The number of rotatable bonds is 3. The number of aromatic carboxylic acids is 1. The van der Waals surface area contributed by atoms with Gasteiger partial charge in [-0.3, -0.25) is 0 Å². The van der Waals surface area contributed by atoms with Crippen LogP contribution in [0.2, 0.25) is 10.0 Å². The Labute approximate surface area is 166 Å². The lowest BCUT2D eigenvalue weighted by Gasteiger charge is -2.13. The van der Waals surface area contributed by atoms with E-state index in [1.54, 1.807) is 13.0 Å². The zero-order chi connectivity index (χ0) is 19.4. The predicted octanol–water partition coefficient (Wildman–Crippen LogP) is 4.66. The largest absolute Gasteiger partial charge is 0.505 e. The van der Waals surface area contributed by atoms with Crippen molar-refractivity contribution in [3.63, 3.8) is 0 Å². The van der Waals surface area contributed by atoms with E-state index >= 15 is 0 Å². The Morgan fingerprint density at radius 3 is 2.38 bits per heavy atom. The average molecular weight is 479 g/mol. The van der Waals surface area contributed by atoms with Gasteiger partial charge >= 0.3 is 5.97 Å². The van der Waals surface area contributed by atoms with Crippen molar-refractivity contribution in [3.8, 4) is 5.75 Å². The quantitative estimate of drug-likeness (QED) is 0.570. The number of carbonyl (C=O) groups is 1. The van der Waals surface area contributed by atoms with Crippen LogP contribution in [0.1, 0.15) is 16.1 Å². The Morgan fingerprint density at radius 2 is 1.77 bits per heavy atom. The van der Waals surface area contributed by atoms with E-state index < -0.39 is 26.6 Å². The Hall–Kier alpha value is -1.74. The van der Waals surface area contributed by atoms with Crippen LogP contribution in [0.4, 0.5) is 0 Å². The van der Waals surface area contributed by atoms with Gasteiger partial charge in [-0.2, -0.15) is 0 Å². The smallest absolute Gasteiger partial charge is 0.337 e. The minimum Gasteiger partial charge on any atom is -0.505 e. The Kier molecular flexibility index (Phi) is 4.72. The van der Waals surface area contributed by atoms with Crippen LogP contribution in [0.3, 0.4) is 0 Å². The summed E-state index contributed by atoms with van der Waals surface area (Å²) in [7, 11) is -4.27. The van der Waals surface area contributed by atoms with Crippen molar-refractivity contribution in [3.05, 3.63) is 56.1 Å². The highest BCUT2D eigenvalue weighted by Crippen LogP contribution is 2.37. The zero-order valence-corrected chi connectivity index (χ0v) is 16.9. The maximum Gasteiger partial charge on any atom is 0.337 e. The molecule has 0 spiro atoms. The maximum absolute atomic E-state index is 13.2. The summed E-state index contributed by atoms with van der Waals surface area (Å²) in [6.07, 6.45) is 0. The van der Waals surface area contributed by atoms with Crippen molar-refractivity contribution in [2.75, 3.05) is 0 Å². The lowest BCUT2D eigenvalue weighted by molar-refractivity contribution is 0.0697. The number of hydrogen-bond acceptors (Lipinski definition) is 4. The molecule has 0 fully saturated rings. The molecule has 0 saturated heterocycles. The van der Waals surface area contributed by atoms with Crippen molar-refractivity contribution < 1.29 is 23.4 Å². The molecule has 10 heteroatoms. The summed E-state index contributed by atoms with van der Waals surface area (Å²) in [6, 6.07) is 6.70. The molecular weight excluding hydrogens is 469 g/mol. The summed E-state index contributed by atoms with van der Waals surface area (Å²) in [5.41, 5.74) is 0.208. The fourth-order valence-corrected chi connectivity index (χ4v) is 5.61. The third-order valence-corrected chi connectivity index (χ3v) is 6.65. The lowest BCUT2D eigenvalue weighted by atomic mass is 10.1. The minimum atomic E-state index is -4.27. The van der Waals surface area contributed by atoms with Crippen LogP contribution in [0.15, 0.2) is 39.7 Å². The summed E-state index contributed by atoms with van der Waals surface area (Å²) in [6.45, 7) is 1.54. The van der Waals surface area contributed by atoms with Crippen LogP contribution >= 0.6 is 39.1 Å². The second-order valence-electron chi connectivity index (χ2n) is 5.49. The average Bonchev–Trinajstić information content (AvgIpc) is 2.84. The normalized spacial score (nSPS) is 11.8. The van der Waals surface area contributed by atoms with Crippen molar-refractivity contribution in [1.82, 2.24) is 3.97 Å². The maximum atomic E-state index is 13.2. The molecule has 0 radical (unpaired) electrons. The summed E-state index contributed by atoms with van der Waals surface area (Å²) in [5.74, 6) is -1.88. The molecule has 3 aromatic rings. The van der Waals surface area contributed by atoms with Gasteiger partial charge in [0.1, 0.15) is 4.90 Å². The van der Waals surface area contributed by atoms with E-state index in [1.165, 1.54) is 24.3 Å². The van der Waals surface area contributed by atoms with Crippen molar-refractivity contribution >= 4 is 66.0 Å². The number of benzene rings is 2. The second kappa shape index (κ2) is 6.45. The van der Waals surface area contributed by atoms with Crippen molar-refractivity contribution in [1.29, 1.82) is 0 Å². The highest BCUT2D eigenvalue weighted by atomic mass is 79.9. The Morgan fingerprint density at radius 1 is 1.12 bits per heavy atom. The number of halogens is 3. The first-order chi connectivity index (χ1) is 12.0. The van der Waals surface area contributed by atoms with Gasteiger partial charge in [-0.05, 0) is 37.3 Å². The van der Waals surface area contributed by atoms with Gasteiger partial charge in [-0.1, -0.05) is 39.1 Å². The SMILES string of the molecule is Cc1cc2cc(Cl)c(C(=O)O)cc2n1S(=O)(=O)c1cc(Br)cc(Cl)c1O. The molecule has 2 N–H and O–H groups in total. The summed E-state index contributed by atoms with van der Waals surface area (Å²) < 4.78 is 27.6. The van der Waals surface area contributed by atoms with E-state index in [1.807, 2.05) is 0 Å². The van der Waals surface area contributed by atoms with Crippen LogP contribution in [-0.4, -0.2) is 28.6 Å². The fourth-order valence-electron chi connectivity index (χ4n) is 2.66. The van der Waals surface area contributed by atoms with Gasteiger partial charge in [-0.25, -0.2) is 17.2 Å². The Bertz CT molecular complexity index is 1190. The molecule has 0 aliphatic carbocycles. The molecule has 2 aromatic carbocycles. The van der Waals surface area contributed by atoms with E-state index in [4.69, 9.17) is 23.2 Å². The van der Waals surface area contributed by atoms with Gasteiger partial charge in [0, 0.05) is 15.6 Å². The molecule has 0 saturated carbocycles. The molecule has 0 atom stereocenters. The molecule has 6 nitrogen and oxygen atoms in total. The number of hydrogen-bond donors (Lipinski definition) is 2. The number of nitrogens with zero attached hydrogens (tertiary/aromatic N) is 1. The number of phenolic OH excluding ortho intramolecular Hbond substituents is 1. The molecule has 0 aliphatic heterocycles. The predicted molar refractivity (Wildman–Crippen MR) is 102 cm³/mol. The highest BCUT2D eigenvalue weighted by Gasteiger charge is 2.27. The van der Waals surface area contributed by atoms with E-state index in [0.717, 1.165) is 3.97 Å². The molecule has 0 aliphatic rings. The van der Waals surface area contributed by atoms with Crippen LogP contribution in [-0.2, 0) is 10.0 Å². The number of fused-ring (bicyclic) bond motifs is 1. The number of carboxylic acid groups (broad SMARTS) is 1. The van der Waals surface area contributed by atoms with Crippen LogP contribution in [0.25, 0.3) is 10.9 Å². The van der Waals surface area contributed by atoms with Crippen LogP contribution < -0.4 is 0 Å². The number of carboxylic acids is 1. The minimum absolute atomic E-state index is 0.00658. The first-order valence-electron chi connectivity index (χ1n) is 7.02. The second-order valence-corrected chi connectivity index (χ2v) is 8.97. The van der Waals surface area contributed by atoms with Gasteiger partial charge in [0.25, 0.3) is 10.0 Å². The molecule has 0 bridgehead atoms. The number of phenols is 1. The molecule has 26 heavy (non-hydrogen) atoms. The first kappa shape index (κ1) is 19.0. The van der Waals surface area contributed by atoms with E-state index in [2.05, 4.69) is 15.9 Å². The van der Waals surface area contributed by atoms with Gasteiger partial charge < -0.3 is 10.2 Å². The zero-order valence-electron chi connectivity index (χ0n) is 13.0. The molecule has 1 heterocycles. The van der Waals surface area contributed by atoms with Gasteiger partial charge in [0.05, 0.1) is 21.1 Å². The number of aromatic nitrogens is 1. The van der Waals surface area contributed by atoms with E-state index in [0.29, 0.717) is 15.6 Å². The van der Waals surface area contributed by atoms with Crippen molar-refractivity contribution in [2.24, 2.45) is 0 Å². The molecule has 1 aromatic heterocycles. The van der Waals surface area contributed by atoms with Gasteiger partial charge in [-0.15, -0.1) is 0 Å². The van der Waals surface area contributed by atoms with Gasteiger partial charge in [0.15, 0.2) is 5.75 Å². The molecule has 3 rings (SSSR count). The Balaban J connectivity index is 2.39. The van der Waals surface area contributed by atoms with E-state index in [9.17, 15) is 23.4 Å². The van der Waals surface area contributed by atoms with Crippen molar-refractivity contribution in [2.45, 2.75) is 11.8 Å². The molecule has 0 unspecified atom stereocenters. The molecule has 136 valence electrons. The molecular formula is C16H10BrCl2NO5S.